The van der Waals surface area contributed by atoms with Crippen molar-refractivity contribution in [2.75, 3.05) is 6.54 Å². The number of imidazole rings is 1. The lowest BCUT2D eigenvalue weighted by Crippen LogP contribution is -2.14. The monoisotopic (exact) mass is 237 g/mol. The van der Waals surface area contributed by atoms with E-state index in [9.17, 15) is 0 Å². The summed E-state index contributed by atoms with van der Waals surface area (Å²) >= 11 is 5.91. The molecule has 0 aliphatic rings. The Morgan fingerprint density at radius 2 is 2.25 bits per heavy atom. The molecule has 86 valence electrons. The van der Waals surface area contributed by atoms with Gasteiger partial charge in [-0.15, -0.1) is 0 Å². The fourth-order valence-electron chi connectivity index (χ4n) is 1.62. The van der Waals surface area contributed by atoms with E-state index in [2.05, 4.69) is 17.2 Å². The first-order valence-corrected chi connectivity index (χ1v) is 6.01. The number of nitrogens with one attached hydrogen (secondary N) is 1. The van der Waals surface area contributed by atoms with Gasteiger partial charge in [-0.05, 0) is 25.1 Å². The lowest BCUT2D eigenvalue weighted by molar-refractivity contribution is 0.635. The molecular formula is C12H16ClN3. The first-order valence-electron chi connectivity index (χ1n) is 5.63. The summed E-state index contributed by atoms with van der Waals surface area (Å²) in [4.78, 5) is 4.49. The standard InChI is InChI=1S/C12H16ClN3/c1-2-3-6-14-7-11-9-16-8-10(13)4-5-12(16)15-11/h4-5,8-9,14H,2-3,6-7H2,1H3. The van der Waals surface area contributed by atoms with E-state index in [4.69, 9.17) is 11.6 Å². The van der Waals surface area contributed by atoms with E-state index in [1.165, 1.54) is 12.8 Å². The Morgan fingerprint density at radius 1 is 1.38 bits per heavy atom. The molecule has 0 spiro atoms. The first kappa shape index (κ1) is 11.4. The predicted molar refractivity (Wildman–Crippen MR) is 66.8 cm³/mol. The fraction of sp³-hybridized carbons (Fsp3) is 0.417. The number of hydrogen-bond acceptors (Lipinski definition) is 2. The molecule has 0 amide bonds. The first-order chi connectivity index (χ1) is 7.79. The fourth-order valence-corrected chi connectivity index (χ4v) is 1.79. The molecule has 0 atom stereocenters. The van der Waals surface area contributed by atoms with Crippen LogP contribution >= 0.6 is 11.6 Å². The Bertz CT molecular complexity index is 464. The highest BCUT2D eigenvalue weighted by molar-refractivity contribution is 6.30. The molecule has 1 N–H and O–H groups in total. The van der Waals surface area contributed by atoms with Crippen LogP contribution in [-0.4, -0.2) is 15.9 Å². The lowest BCUT2D eigenvalue weighted by Gasteiger charge is -1.99. The maximum atomic E-state index is 5.91. The second kappa shape index (κ2) is 5.32. The summed E-state index contributed by atoms with van der Waals surface area (Å²) < 4.78 is 1.96. The molecule has 2 aromatic rings. The summed E-state index contributed by atoms with van der Waals surface area (Å²) in [5.41, 5.74) is 2.00. The van der Waals surface area contributed by atoms with E-state index in [1.54, 1.807) is 0 Å². The maximum Gasteiger partial charge on any atom is 0.137 e. The molecule has 0 radical (unpaired) electrons. The molecule has 2 aromatic heterocycles. The smallest absolute Gasteiger partial charge is 0.137 e. The van der Waals surface area contributed by atoms with Crippen molar-refractivity contribution in [1.29, 1.82) is 0 Å². The van der Waals surface area contributed by atoms with Crippen LogP contribution in [0.2, 0.25) is 5.02 Å². The van der Waals surface area contributed by atoms with Crippen molar-refractivity contribution in [1.82, 2.24) is 14.7 Å². The van der Waals surface area contributed by atoms with Crippen molar-refractivity contribution in [3.05, 3.63) is 35.2 Å². The topological polar surface area (TPSA) is 29.3 Å². The second-order valence-corrected chi connectivity index (χ2v) is 4.31. The molecule has 0 aliphatic heterocycles. The minimum Gasteiger partial charge on any atom is -0.311 e. The molecule has 0 aromatic carbocycles. The minimum atomic E-state index is 0.732. The SMILES string of the molecule is CCCCNCc1cn2cc(Cl)ccc2n1. The Morgan fingerprint density at radius 3 is 3.06 bits per heavy atom. The Labute approximate surface area is 100 Å². The van der Waals surface area contributed by atoms with E-state index in [0.29, 0.717) is 0 Å². The van der Waals surface area contributed by atoms with Gasteiger partial charge >= 0.3 is 0 Å². The van der Waals surface area contributed by atoms with Crippen LogP contribution < -0.4 is 5.32 Å². The Hall–Kier alpha value is -1.06. The van der Waals surface area contributed by atoms with Crippen molar-refractivity contribution in [3.8, 4) is 0 Å². The third-order valence-corrected chi connectivity index (χ3v) is 2.70. The van der Waals surface area contributed by atoms with Crippen molar-refractivity contribution in [3.63, 3.8) is 0 Å². The highest BCUT2D eigenvalue weighted by atomic mass is 35.5. The maximum absolute atomic E-state index is 5.91. The summed E-state index contributed by atoms with van der Waals surface area (Å²) in [7, 11) is 0. The summed E-state index contributed by atoms with van der Waals surface area (Å²) in [5, 5.41) is 4.10. The Balaban J connectivity index is 2.02. The number of rotatable bonds is 5. The largest absolute Gasteiger partial charge is 0.311 e. The van der Waals surface area contributed by atoms with Crippen molar-refractivity contribution in [2.24, 2.45) is 0 Å². The van der Waals surface area contributed by atoms with Crippen molar-refractivity contribution >= 4 is 17.2 Å². The van der Waals surface area contributed by atoms with E-state index in [0.717, 1.165) is 29.5 Å². The Kier molecular flexibility index (Phi) is 3.80. The molecule has 3 nitrogen and oxygen atoms in total. The van der Waals surface area contributed by atoms with Gasteiger partial charge in [-0.2, -0.15) is 0 Å². The van der Waals surface area contributed by atoms with Gasteiger partial charge in [0.1, 0.15) is 5.65 Å². The average Bonchev–Trinajstić information content (AvgIpc) is 2.66. The van der Waals surface area contributed by atoms with Crippen LogP contribution in [0.25, 0.3) is 5.65 Å². The van der Waals surface area contributed by atoms with E-state index < -0.39 is 0 Å². The molecule has 0 fully saturated rings. The van der Waals surface area contributed by atoms with Crippen LogP contribution in [0.15, 0.2) is 24.5 Å². The molecule has 0 saturated carbocycles. The average molecular weight is 238 g/mol. The number of hydrogen-bond donors (Lipinski definition) is 1. The van der Waals surface area contributed by atoms with Gasteiger partial charge in [-0.3, -0.25) is 0 Å². The summed E-state index contributed by atoms with van der Waals surface area (Å²) in [6.45, 7) is 4.05. The predicted octanol–water partition coefficient (Wildman–Crippen LogP) is 2.88. The molecule has 2 heterocycles. The zero-order valence-corrected chi connectivity index (χ0v) is 10.2. The van der Waals surface area contributed by atoms with Crippen LogP contribution in [0.3, 0.4) is 0 Å². The quantitative estimate of drug-likeness (QED) is 0.811. The van der Waals surface area contributed by atoms with Crippen molar-refractivity contribution in [2.45, 2.75) is 26.3 Å². The van der Waals surface area contributed by atoms with Crippen LogP contribution in [0, 0.1) is 0 Å². The molecule has 2 rings (SSSR count). The van der Waals surface area contributed by atoms with Gasteiger partial charge in [-0.25, -0.2) is 4.98 Å². The van der Waals surface area contributed by atoms with Crippen LogP contribution in [0.1, 0.15) is 25.5 Å². The van der Waals surface area contributed by atoms with Crippen LogP contribution in [-0.2, 0) is 6.54 Å². The van der Waals surface area contributed by atoms with Gasteiger partial charge in [-0.1, -0.05) is 24.9 Å². The van der Waals surface area contributed by atoms with E-state index >= 15 is 0 Å². The number of unbranched alkanes of at least 4 members (excludes halogenated alkanes) is 1. The number of pyridine rings is 1. The molecule has 0 unspecified atom stereocenters. The zero-order valence-electron chi connectivity index (χ0n) is 9.41. The zero-order chi connectivity index (χ0) is 11.4. The number of nitrogens with zero attached hydrogens (tertiary/aromatic N) is 2. The summed E-state index contributed by atoms with van der Waals surface area (Å²) in [6.07, 6.45) is 6.31. The van der Waals surface area contributed by atoms with Crippen LogP contribution in [0.4, 0.5) is 0 Å². The highest BCUT2D eigenvalue weighted by Gasteiger charge is 2.01. The summed E-state index contributed by atoms with van der Waals surface area (Å²) in [6, 6.07) is 3.79. The molecule has 0 bridgehead atoms. The molecule has 0 saturated heterocycles. The lowest BCUT2D eigenvalue weighted by atomic mass is 10.3. The number of fused-ring (bicyclic) bond motifs is 1. The molecule has 16 heavy (non-hydrogen) atoms. The summed E-state index contributed by atoms with van der Waals surface area (Å²) in [5.74, 6) is 0. The van der Waals surface area contributed by atoms with E-state index in [-0.39, 0.29) is 0 Å². The number of halogens is 1. The van der Waals surface area contributed by atoms with Gasteiger partial charge in [0.25, 0.3) is 0 Å². The van der Waals surface area contributed by atoms with Crippen LogP contribution in [0.5, 0.6) is 0 Å². The van der Waals surface area contributed by atoms with Gasteiger partial charge in [0, 0.05) is 18.9 Å². The number of aromatic nitrogens is 2. The van der Waals surface area contributed by atoms with Gasteiger partial charge in [0.05, 0.1) is 10.7 Å². The molecule has 0 aliphatic carbocycles. The third-order valence-electron chi connectivity index (χ3n) is 2.48. The van der Waals surface area contributed by atoms with Gasteiger partial charge < -0.3 is 9.72 Å². The van der Waals surface area contributed by atoms with Gasteiger partial charge in [0.2, 0.25) is 0 Å². The molecule has 4 heteroatoms. The minimum absolute atomic E-state index is 0.732. The van der Waals surface area contributed by atoms with E-state index in [1.807, 2.05) is 28.9 Å². The second-order valence-electron chi connectivity index (χ2n) is 3.88. The third kappa shape index (κ3) is 2.74. The normalized spacial score (nSPS) is 11.1. The van der Waals surface area contributed by atoms with Crippen molar-refractivity contribution < 1.29 is 0 Å². The molecular weight excluding hydrogens is 222 g/mol. The van der Waals surface area contributed by atoms with Gasteiger partial charge in [0.15, 0.2) is 0 Å². The highest BCUT2D eigenvalue weighted by Crippen LogP contribution is 2.11.